The molecular formula is C22H25F5O3. The lowest BCUT2D eigenvalue weighted by molar-refractivity contribution is -0.289. The Morgan fingerprint density at radius 2 is 1.13 bits per heavy atom. The van der Waals surface area contributed by atoms with Crippen molar-refractivity contribution in [3.63, 3.8) is 0 Å². The van der Waals surface area contributed by atoms with Gasteiger partial charge in [0.1, 0.15) is 0 Å². The average molecular weight is 432 g/mol. The van der Waals surface area contributed by atoms with E-state index < -0.39 is 17.7 Å². The molecule has 0 saturated heterocycles. The van der Waals surface area contributed by atoms with Crippen molar-refractivity contribution in [2.75, 3.05) is 6.61 Å². The van der Waals surface area contributed by atoms with E-state index in [0.29, 0.717) is 34.8 Å². The van der Waals surface area contributed by atoms with Crippen molar-refractivity contribution in [2.24, 2.45) is 0 Å². The zero-order valence-corrected chi connectivity index (χ0v) is 17.4. The zero-order valence-electron chi connectivity index (χ0n) is 17.4. The number of hydrogen-bond acceptors (Lipinski definition) is 3. The highest BCUT2D eigenvalue weighted by Gasteiger charge is 2.58. The number of aliphatic hydroxyl groups excluding tert-OH is 1. The first-order chi connectivity index (χ1) is 13.8. The number of halogens is 5. The fourth-order valence-corrected chi connectivity index (χ4v) is 2.17. The highest BCUT2D eigenvalue weighted by molar-refractivity contribution is 5.90. The average Bonchev–Trinajstić information content (AvgIpc) is 2.66. The number of alkyl halides is 5. The van der Waals surface area contributed by atoms with Crippen molar-refractivity contribution >= 4 is 12.6 Å². The maximum Gasteiger partial charge on any atom is 0.458 e. The van der Waals surface area contributed by atoms with Gasteiger partial charge in [-0.1, -0.05) is 12.1 Å². The maximum atomic E-state index is 12.8. The lowest BCUT2D eigenvalue weighted by atomic mass is 10.0. The van der Waals surface area contributed by atoms with E-state index in [-0.39, 0.29) is 6.61 Å². The molecule has 0 heterocycles. The summed E-state index contributed by atoms with van der Waals surface area (Å²) in [5.41, 5.74) is 3.07. The van der Waals surface area contributed by atoms with Crippen LogP contribution in [0.15, 0.2) is 30.3 Å². The normalized spacial score (nSPS) is 10.9. The van der Waals surface area contributed by atoms with Crippen LogP contribution in [-0.2, 0) is 5.92 Å². The molecule has 3 nitrogen and oxygen atoms in total. The Labute approximate surface area is 172 Å². The van der Waals surface area contributed by atoms with Crippen LogP contribution < -0.4 is 0 Å². The SMILES string of the molecule is CCO.Cc1cc(C=O)c(C=O)cc1C.Cc1ccc(C(F)(F)C(F)(F)F)cc1C. The molecule has 0 amide bonds. The first-order valence-electron chi connectivity index (χ1n) is 8.91. The summed E-state index contributed by atoms with van der Waals surface area (Å²) in [7, 11) is 0. The Morgan fingerprint density at radius 3 is 1.43 bits per heavy atom. The molecule has 0 bridgehead atoms. The molecule has 2 rings (SSSR count). The van der Waals surface area contributed by atoms with Gasteiger partial charge in [-0.2, -0.15) is 22.0 Å². The van der Waals surface area contributed by atoms with Gasteiger partial charge in [0, 0.05) is 23.3 Å². The molecule has 0 atom stereocenters. The van der Waals surface area contributed by atoms with Gasteiger partial charge in [0.15, 0.2) is 12.6 Å². The number of carbonyl (C=O) groups is 2. The van der Waals surface area contributed by atoms with Gasteiger partial charge < -0.3 is 5.11 Å². The number of carbonyl (C=O) groups excluding carboxylic acids is 2. The van der Waals surface area contributed by atoms with Gasteiger partial charge in [0.05, 0.1) is 0 Å². The topological polar surface area (TPSA) is 54.4 Å². The van der Waals surface area contributed by atoms with Crippen molar-refractivity contribution in [2.45, 2.75) is 46.7 Å². The summed E-state index contributed by atoms with van der Waals surface area (Å²) in [6, 6.07) is 6.38. The second-order valence-electron chi connectivity index (χ2n) is 6.49. The summed E-state index contributed by atoms with van der Waals surface area (Å²) in [5.74, 6) is -4.79. The predicted octanol–water partition coefficient (Wildman–Crippen LogP) is 5.88. The van der Waals surface area contributed by atoms with E-state index in [1.165, 1.54) is 13.0 Å². The van der Waals surface area contributed by atoms with Crippen LogP contribution >= 0.6 is 0 Å². The Hall–Kier alpha value is -2.61. The van der Waals surface area contributed by atoms with Crippen LogP contribution in [0.1, 0.15) is 55.5 Å². The number of aldehydes is 2. The summed E-state index contributed by atoms with van der Waals surface area (Å²) in [6.07, 6.45) is -4.14. The molecule has 2 aromatic rings. The summed E-state index contributed by atoms with van der Waals surface area (Å²) in [6.45, 7) is 8.89. The van der Waals surface area contributed by atoms with Crippen LogP contribution in [0.5, 0.6) is 0 Å². The van der Waals surface area contributed by atoms with Gasteiger partial charge in [0.2, 0.25) is 0 Å². The molecule has 8 heteroatoms. The summed E-state index contributed by atoms with van der Waals surface area (Å²) in [4.78, 5) is 21.0. The van der Waals surface area contributed by atoms with E-state index in [9.17, 15) is 31.5 Å². The van der Waals surface area contributed by atoms with Gasteiger partial charge in [-0.05, 0) is 75.1 Å². The summed E-state index contributed by atoms with van der Waals surface area (Å²) in [5, 5.41) is 7.57. The zero-order chi connectivity index (χ0) is 23.7. The Balaban J connectivity index is 0.000000505. The van der Waals surface area contributed by atoms with E-state index in [2.05, 4.69) is 0 Å². The third kappa shape index (κ3) is 7.33. The van der Waals surface area contributed by atoms with Crippen molar-refractivity contribution in [3.05, 3.63) is 69.3 Å². The number of rotatable bonds is 3. The molecule has 166 valence electrons. The molecule has 0 radical (unpaired) electrons. The van der Waals surface area contributed by atoms with E-state index in [1.54, 1.807) is 26.0 Å². The van der Waals surface area contributed by atoms with Gasteiger partial charge in [-0.25, -0.2) is 0 Å². The predicted molar refractivity (Wildman–Crippen MR) is 105 cm³/mol. The Kier molecular flexibility index (Phi) is 10.5. The van der Waals surface area contributed by atoms with Crippen LogP contribution in [0, 0.1) is 27.7 Å². The van der Waals surface area contributed by atoms with E-state index >= 15 is 0 Å². The molecule has 0 fully saturated rings. The minimum absolute atomic E-state index is 0.250. The second kappa shape index (κ2) is 11.5. The van der Waals surface area contributed by atoms with Crippen molar-refractivity contribution < 1.29 is 36.6 Å². The summed E-state index contributed by atoms with van der Waals surface area (Å²) >= 11 is 0. The van der Waals surface area contributed by atoms with Crippen molar-refractivity contribution in [1.29, 1.82) is 0 Å². The third-order valence-corrected chi connectivity index (χ3v) is 4.18. The minimum atomic E-state index is -5.55. The lowest BCUT2D eigenvalue weighted by Gasteiger charge is -2.20. The standard InChI is InChI=1S/C10H9F5.C10H10O2.C2H6O/c1-6-3-4-8(5-7(6)2)9(11,12)10(13,14)15;1-7-3-9(5-11)10(6-12)4-8(7)2;1-2-3/h3-5H,1-2H3;3-6H,1-2H3;3H,2H2,1H3. The largest absolute Gasteiger partial charge is 0.458 e. The molecule has 0 spiro atoms. The Bertz CT molecular complexity index is 826. The fraction of sp³-hybridized carbons (Fsp3) is 0.364. The van der Waals surface area contributed by atoms with E-state index in [1.807, 2.05) is 13.8 Å². The van der Waals surface area contributed by atoms with E-state index in [0.717, 1.165) is 23.3 Å². The molecule has 0 unspecified atom stereocenters. The van der Waals surface area contributed by atoms with Gasteiger partial charge in [-0.15, -0.1) is 0 Å². The second-order valence-corrected chi connectivity index (χ2v) is 6.49. The molecule has 0 aliphatic carbocycles. The molecule has 0 aliphatic heterocycles. The van der Waals surface area contributed by atoms with Crippen molar-refractivity contribution in [3.8, 4) is 0 Å². The van der Waals surface area contributed by atoms with Crippen LogP contribution in [0.2, 0.25) is 0 Å². The number of aliphatic hydroxyl groups is 1. The number of hydrogen-bond donors (Lipinski definition) is 1. The van der Waals surface area contributed by atoms with Gasteiger partial charge in [-0.3, -0.25) is 9.59 Å². The number of aryl methyl sites for hydroxylation is 4. The van der Waals surface area contributed by atoms with E-state index in [4.69, 9.17) is 5.11 Å². The van der Waals surface area contributed by atoms with Crippen molar-refractivity contribution in [1.82, 2.24) is 0 Å². The highest BCUT2D eigenvalue weighted by atomic mass is 19.4. The lowest BCUT2D eigenvalue weighted by Crippen LogP contribution is -2.33. The molecule has 0 saturated carbocycles. The third-order valence-electron chi connectivity index (χ3n) is 4.18. The molecule has 2 aromatic carbocycles. The smallest absolute Gasteiger partial charge is 0.397 e. The summed E-state index contributed by atoms with van der Waals surface area (Å²) < 4.78 is 61.7. The highest BCUT2D eigenvalue weighted by Crippen LogP contribution is 2.44. The number of benzene rings is 2. The van der Waals surface area contributed by atoms with Crippen LogP contribution in [0.4, 0.5) is 22.0 Å². The first kappa shape index (κ1) is 27.4. The van der Waals surface area contributed by atoms with Crippen LogP contribution in [-0.4, -0.2) is 30.5 Å². The molecule has 0 aliphatic rings. The Morgan fingerprint density at radius 1 is 0.767 bits per heavy atom. The maximum absolute atomic E-state index is 12.8. The fourth-order valence-electron chi connectivity index (χ4n) is 2.17. The van der Waals surface area contributed by atoms with Gasteiger partial charge >= 0.3 is 12.1 Å². The van der Waals surface area contributed by atoms with Crippen LogP contribution in [0.3, 0.4) is 0 Å². The molecule has 0 aromatic heterocycles. The minimum Gasteiger partial charge on any atom is -0.397 e. The quantitative estimate of drug-likeness (QED) is 0.486. The monoisotopic (exact) mass is 432 g/mol. The first-order valence-corrected chi connectivity index (χ1v) is 8.91. The molecule has 30 heavy (non-hydrogen) atoms. The molecule has 1 N–H and O–H groups in total. The van der Waals surface area contributed by atoms with Gasteiger partial charge in [0.25, 0.3) is 0 Å². The van der Waals surface area contributed by atoms with Crippen LogP contribution in [0.25, 0.3) is 0 Å². The molecular weight excluding hydrogens is 407 g/mol.